The zero-order valence-electron chi connectivity index (χ0n) is 11.3. The van der Waals surface area contributed by atoms with Crippen molar-refractivity contribution < 1.29 is 8.42 Å². The molecule has 1 aliphatic rings. The van der Waals surface area contributed by atoms with Crippen LogP contribution in [-0.4, -0.2) is 38.6 Å². The summed E-state index contributed by atoms with van der Waals surface area (Å²) in [6.07, 6.45) is 2.19. The Morgan fingerprint density at radius 2 is 1.84 bits per heavy atom. The molecule has 1 heterocycles. The van der Waals surface area contributed by atoms with Crippen LogP contribution in [-0.2, 0) is 9.84 Å². The minimum atomic E-state index is -2.93. The van der Waals surface area contributed by atoms with E-state index >= 15 is 0 Å². The van der Waals surface area contributed by atoms with Crippen molar-refractivity contribution in [1.29, 1.82) is 0 Å². The second-order valence-corrected chi connectivity index (χ2v) is 7.26. The first kappa shape index (κ1) is 14.3. The van der Waals surface area contributed by atoms with Crippen LogP contribution in [0.25, 0.3) is 0 Å². The number of para-hydroxylation sites is 1. The summed E-state index contributed by atoms with van der Waals surface area (Å²) in [5.41, 5.74) is 0.979. The molecule has 4 nitrogen and oxygen atoms in total. The van der Waals surface area contributed by atoms with Crippen molar-refractivity contribution in [3.63, 3.8) is 0 Å². The third-order valence-corrected chi connectivity index (χ3v) is 5.15. The lowest BCUT2D eigenvalue weighted by molar-refractivity contribution is 0.511. The standard InChI is InChI=1S/C14H22N2O2S/c1-2-3-9-15-13-10-19(17,18)11-14(13)16-12-7-5-4-6-8-12/h4-8,13-16H,2-3,9-11H2,1H3/t13-,14+/m0/s1. The number of unbranched alkanes of at least 4 members (excludes halogenated alkanes) is 1. The van der Waals surface area contributed by atoms with Crippen molar-refractivity contribution in [3.05, 3.63) is 30.3 Å². The van der Waals surface area contributed by atoms with Crippen molar-refractivity contribution >= 4 is 15.5 Å². The van der Waals surface area contributed by atoms with Gasteiger partial charge in [0.15, 0.2) is 9.84 Å². The molecule has 1 aromatic rings. The van der Waals surface area contributed by atoms with Gasteiger partial charge in [-0.15, -0.1) is 0 Å². The van der Waals surface area contributed by atoms with Crippen LogP contribution in [0.4, 0.5) is 5.69 Å². The van der Waals surface area contributed by atoms with Crippen LogP contribution in [0.5, 0.6) is 0 Å². The predicted octanol–water partition coefficient (Wildman–Crippen LogP) is 1.65. The minimum absolute atomic E-state index is 0.0109. The minimum Gasteiger partial charge on any atom is -0.380 e. The molecule has 1 fully saturated rings. The third-order valence-electron chi connectivity index (χ3n) is 3.42. The van der Waals surface area contributed by atoms with Crippen LogP contribution in [0, 0.1) is 0 Å². The summed E-state index contributed by atoms with van der Waals surface area (Å²) in [5.74, 6) is 0.451. The van der Waals surface area contributed by atoms with E-state index in [1.807, 2.05) is 30.3 Å². The van der Waals surface area contributed by atoms with Crippen LogP contribution in [0.1, 0.15) is 19.8 Å². The average molecular weight is 282 g/mol. The van der Waals surface area contributed by atoms with Gasteiger partial charge in [-0.1, -0.05) is 31.5 Å². The van der Waals surface area contributed by atoms with Gasteiger partial charge in [-0.05, 0) is 25.1 Å². The molecule has 0 aliphatic carbocycles. The molecule has 0 aromatic heterocycles. The fraction of sp³-hybridized carbons (Fsp3) is 0.571. The summed E-state index contributed by atoms with van der Waals surface area (Å²) in [4.78, 5) is 0. The molecule has 0 spiro atoms. The summed E-state index contributed by atoms with van der Waals surface area (Å²) in [6, 6.07) is 9.76. The smallest absolute Gasteiger partial charge is 0.153 e. The number of benzene rings is 1. The lowest BCUT2D eigenvalue weighted by atomic mass is 10.1. The molecule has 0 saturated carbocycles. The molecule has 0 unspecified atom stereocenters. The van der Waals surface area contributed by atoms with E-state index in [1.165, 1.54) is 0 Å². The van der Waals surface area contributed by atoms with Crippen LogP contribution in [0.15, 0.2) is 30.3 Å². The maximum absolute atomic E-state index is 11.8. The highest BCUT2D eigenvalue weighted by Gasteiger charge is 2.37. The van der Waals surface area contributed by atoms with E-state index in [4.69, 9.17) is 0 Å². The Hall–Kier alpha value is -1.07. The number of anilines is 1. The molecule has 5 heteroatoms. The predicted molar refractivity (Wildman–Crippen MR) is 79.2 cm³/mol. The Bertz CT molecular complexity index is 487. The van der Waals surface area contributed by atoms with E-state index < -0.39 is 9.84 Å². The topological polar surface area (TPSA) is 58.2 Å². The number of rotatable bonds is 6. The van der Waals surface area contributed by atoms with Gasteiger partial charge in [0.25, 0.3) is 0 Å². The zero-order chi connectivity index (χ0) is 13.7. The SMILES string of the molecule is CCCCN[C@H]1CS(=O)(=O)C[C@H]1Nc1ccccc1. The van der Waals surface area contributed by atoms with Crippen molar-refractivity contribution in [3.8, 4) is 0 Å². The van der Waals surface area contributed by atoms with Crippen molar-refractivity contribution in [1.82, 2.24) is 5.32 Å². The largest absolute Gasteiger partial charge is 0.380 e. The maximum Gasteiger partial charge on any atom is 0.153 e. The van der Waals surface area contributed by atoms with Gasteiger partial charge in [0.2, 0.25) is 0 Å². The van der Waals surface area contributed by atoms with E-state index in [-0.39, 0.29) is 23.6 Å². The van der Waals surface area contributed by atoms with Gasteiger partial charge in [0, 0.05) is 11.7 Å². The summed E-state index contributed by atoms with van der Waals surface area (Å²) in [6.45, 7) is 3.01. The van der Waals surface area contributed by atoms with Crippen LogP contribution in [0.2, 0.25) is 0 Å². The molecule has 1 saturated heterocycles. The molecule has 2 atom stereocenters. The van der Waals surface area contributed by atoms with E-state index in [1.54, 1.807) is 0 Å². The van der Waals surface area contributed by atoms with Gasteiger partial charge in [-0.3, -0.25) is 0 Å². The molecule has 0 radical (unpaired) electrons. The first-order chi connectivity index (χ1) is 9.11. The highest BCUT2D eigenvalue weighted by Crippen LogP contribution is 2.18. The highest BCUT2D eigenvalue weighted by molar-refractivity contribution is 7.91. The number of hydrogen-bond acceptors (Lipinski definition) is 4. The lowest BCUT2D eigenvalue weighted by Gasteiger charge is -2.21. The van der Waals surface area contributed by atoms with E-state index in [2.05, 4.69) is 17.6 Å². The molecule has 1 aromatic carbocycles. The normalized spacial score (nSPS) is 25.3. The maximum atomic E-state index is 11.8. The fourth-order valence-corrected chi connectivity index (χ4v) is 4.30. The summed E-state index contributed by atoms with van der Waals surface area (Å²) in [5, 5.41) is 6.70. The quantitative estimate of drug-likeness (QED) is 0.779. The van der Waals surface area contributed by atoms with E-state index in [0.717, 1.165) is 25.1 Å². The number of hydrogen-bond donors (Lipinski definition) is 2. The van der Waals surface area contributed by atoms with Gasteiger partial charge in [-0.2, -0.15) is 0 Å². The summed E-state index contributed by atoms with van der Waals surface area (Å²) < 4.78 is 23.6. The first-order valence-corrected chi connectivity index (χ1v) is 8.68. The molecule has 2 rings (SSSR count). The van der Waals surface area contributed by atoms with Crippen LogP contribution < -0.4 is 10.6 Å². The molecular weight excluding hydrogens is 260 g/mol. The van der Waals surface area contributed by atoms with Gasteiger partial charge in [-0.25, -0.2) is 8.42 Å². The second kappa shape index (κ2) is 6.39. The molecule has 2 N–H and O–H groups in total. The van der Waals surface area contributed by atoms with E-state index in [9.17, 15) is 8.42 Å². The number of nitrogens with one attached hydrogen (secondary N) is 2. The van der Waals surface area contributed by atoms with Crippen molar-refractivity contribution in [2.24, 2.45) is 0 Å². The van der Waals surface area contributed by atoms with Gasteiger partial charge >= 0.3 is 0 Å². The van der Waals surface area contributed by atoms with Crippen molar-refractivity contribution in [2.45, 2.75) is 31.8 Å². The average Bonchev–Trinajstić information content (AvgIpc) is 2.65. The number of sulfone groups is 1. The second-order valence-electron chi connectivity index (χ2n) is 5.11. The lowest BCUT2D eigenvalue weighted by Crippen LogP contribution is -2.43. The Kier molecular flexibility index (Phi) is 4.82. The molecule has 1 aliphatic heterocycles. The van der Waals surface area contributed by atoms with Crippen LogP contribution >= 0.6 is 0 Å². The van der Waals surface area contributed by atoms with Crippen molar-refractivity contribution in [2.75, 3.05) is 23.4 Å². The van der Waals surface area contributed by atoms with Crippen LogP contribution in [0.3, 0.4) is 0 Å². The Morgan fingerprint density at radius 3 is 2.53 bits per heavy atom. The molecule has 106 valence electrons. The molecule has 19 heavy (non-hydrogen) atoms. The van der Waals surface area contributed by atoms with Gasteiger partial charge < -0.3 is 10.6 Å². The molecular formula is C14H22N2O2S. The van der Waals surface area contributed by atoms with Gasteiger partial charge in [0.05, 0.1) is 17.5 Å². The zero-order valence-corrected chi connectivity index (χ0v) is 12.1. The fourth-order valence-electron chi connectivity index (χ4n) is 2.40. The molecule has 0 amide bonds. The summed E-state index contributed by atoms with van der Waals surface area (Å²) >= 11 is 0. The summed E-state index contributed by atoms with van der Waals surface area (Å²) in [7, 11) is -2.93. The monoisotopic (exact) mass is 282 g/mol. The Balaban J connectivity index is 1.99. The Morgan fingerprint density at radius 1 is 1.16 bits per heavy atom. The first-order valence-electron chi connectivity index (χ1n) is 6.86. The van der Waals surface area contributed by atoms with E-state index in [0.29, 0.717) is 0 Å². The Labute approximate surface area is 115 Å². The highest BCUT2D eigenvalue weighted by atomic mass is 32.2. The third kappa shape index (κ3) is 4.21. The molecule has 0 bridgehead atoms. The van der Waals surface area contributed by atoms with Gasteiger partial charge in [0.1, 0.15) is 0 Å².